The first-order chi connectivity index (χ1) is 9.97. The van der Waals surface area contributed by atoms with Gasteiger partial charge in [0.2, 0.25) is 5.91 Å². The van der Waals surface area contributed by atoms with Crippen molar-refractivity contribution >= 4 is 5.91 Å². The third-order valence-electron chi connectivity index (χ3n) is 3.74. The van der Waals surface area contributed by atoms with Crippen molar-refractivity contribution in [2.45, 2.75) is 38.8 Å². The molecule has 0 bridgehead atoms. The molecule has 0 radical (unpaired) electrons. The number of likely N-dealkylation sites (tertiary alicyclic amines) is 1. The summed E-state index contributed by atoms with van der Waals surface area (Å²) in [6.07, 6.45) is 4.05. The molecule has 1 amide bonds. The van der Waals surface area contributed by atoms with Gasteiger partial charge in [-0.25, -0.2) is 4.39 Å². The molecule has 1 aromatic rings. The second-order valence-electron chi connectivity index (χ2n) is 5.75. The third kappa shape index (κ3) is 4.14. The molecule has 0 saturated carbocycles. The van der Waals surface area contributed by atoms with Gasteiger partial charge >= 0.3 is 0 Å². The number of hydrogen-bond acceptors (Lipinski definition) is 4. The number of carbonyl (C=O) groups is 1. The van der Waals surface area contributed by atoms with Crippen molar-refractivity contribution < 1.29 is 13.9 Å². The first-order valence-electron chi connectivity index (χ1n) is 7.29. The van der Waals surface area contributed by atoms with Crippen LogP contribution < -0.4 is 10.5 Å². The molecule has 1 atom stereocenters. The maximum atomic E-state index is 13.0. The summed E-state index contributed by atoms with van der Waals surface area (Å²) in [6.45, 7) is 5.12. The van der Waals surface area contributed by atoms with E-state index in [1.54, 1.807) is 4.90 Å². The topological polar surface area (TPSA) is 68.5 Å². The zero-order valence-electron chi connectivity index (χ0n) is 12.5. The summed E-state index contributed by atoms with van der Waals surface area (Å²) in [5.74, 6) is 0.141. The highest BCUT2D eigenvalue weighted by molar-refractivity contribution is 5.82. The molecule has 1 saturated heterocycles. The quantitative estimate of drug-likeness (QED) is 0.915. The second-order valence-corrected chi connectivity index (χ2v) is 5.75. The van der Waals surface area contributed by atoms with Crippen molar-refractivity contribution in [2.75, 3.05) is 13.1 Å². The Morgan fingerprint density at radius 3 is 2.67 bits per heavy atom. The molecule has 5 nitrogen and oxygen atoms in total. The van der Waals surface area contributed by atoms with Crippen molar-refractivity contribution in [3.05, 3.63) is 24.3 Å². The number of rotatable bonds is 4. The van der Waals surface area contributed by atoms with E-state index in [1.807, 2.05) is 13.8 Å². The van der Waals surface area contributed by atoms with Crippen LogP contribution in [0.25, 0.3) is 0 Å². The fourth-order valence-electron chi connectivity index (χ4n) is 2.34. The summed E-state index contributed by atoms with van der Waals surface area (Å²) in [5.41, 5.74) is 5.89. The minimum absolute atomic E-state index is 0.00382. The Morgan fingerprint density at radius 1 is 1.43 bits per heavy atom. The number of hydrogen-bond donors (Lipinski definition) is 1. The van der Waals surface area contributed by atoms with E-state index in [-0.39, 0.29) is 17.9 Å². The van der Waals surface area contributed by atoms with Crippen LogP contribution in [0.1, 0.15) is 26.7 Å². The maximum absolute atomic E-state index is 13.0. The first-order valence-corrected chi connectivity index (χ1v) is 7.29. The number of carbonyl (C=O) groups excluding carboxylic acids is 1. The van der Waals surface area contributed by atoms with E-state index in [2.05, 4.69) is 4.98 Å². The standard InChI is InChI=1S/C15H22FN3O2/c1-10(2)14(17)15(20)19-5-3-12(4-6-19)21-13-7-11(16)8-18-9-13/h7-10,12,14H,3-6,17H2,1-2H3/t14-/m0/s1. The fourth-order valence-corrected chi connectivity index (χ4v) is 2.34. The van der Waals surface area contributed by atoms with E-state index in [1.165, 1.54) is 12.3 Å². The minimum Gasteiger partial charge on any atom is -0.489 e. The van der Waals surface area contributed by atoms with Crippen molar-refractivity contribution in [2.24, 2.45) is 11.7 Å². The molecule has 21 heavy (non-hydrogen) atoms. The van der Waals surface area contributed by atoms with Crippen LogP contribution in [0, 0.1) is 11.7 Å². The third-order valence-corrected chi connectivity index (χ3v) is 3.74. The van der Waals surface area contributed by atoms with Gasteiger partial charge in [0.15, 0.2) is 0 Å². The first kappa shape index (κ1) is 15.7. The summed E-state index contributed by atoms with van der Waals surface area (Å²) in [4.78, 5) is 17.7. The van der Waals surface area contributed by atoms with Gasteiger partial charge in [-0.1, -0.05) is 13.8 Å². The average molecular weight is 295 g/mol. The highest BCUT2D eigenvalue weighted by Crippen LogP contribution is 2.19. The normalized spacial score (nSPS) is 17.9. The van der Waals surface area contributed by atoms with E-state index in [0.717, 1.165) is 6.20 Å². The number of halogens is 1. The van der Waals surface area contributed by atoms with Gasteiger partial charge in [-0.2, -0.15) is 0 Å². The molecule has 1 aliphatic rings. The van der Waals surface area contributed by atoms with Crippen LogP contribution in [-0.2, 0) is 4.79 Å². The van der Waals surface area contributed by atoms with Crippen LogP contribution in [0.15, 0.2) is 18.5 Å². The Balaban J connectivity index is 1.84. The van der Waals surface area contributed by atoms with Crippen molar-refractivity contribution in [1.29, 1.82) is 0 Å². The lowest BCUT2D eigenvalue weighted by Gasteiger charge is -2.34. The zero-order valence-corrected chi connectivity index (χ0v) is 12.5. The van der Waals surface area contributed by atoms with Crippen LogP contribution in [0.5, 0.6) is 5.75 Å². The molecule has 1 fully saturated rings. The van der Waals surface area contributed by atoms with Crippen LogP contribution in [0.4, 0.5) is 4.39 Å². The monoisotopic (exact) mass is 295 g/mol. The lowest BCUT2D eigenvalue weighted by atomic mass is 10.0. The lowest BCUT2D eigenvalue weighted by molar-refractivity contribution is -0.135. The molecule has 2 N–H and O–H groups in total. The molecule has 0 spiro atoms. The molecule has 2 heterocycles. The second kappa shape index (κ2) is 6.85. The van der Waals surface area contributed by atoms with Gasteiger partial charge < -0.3 is 15.4 Å². The van der Waals surface area contributed by atoms with E-state index < -0.39 is 11.9 Å². The Kier molecular flexibility index (Phi) is 5.12. The zero-order chi connectivity index (χ0) is 15.4. The number of pyridine rings is 1. The van der Waals surface area contributed by atoms with Crippen LogP contribution in [0.3, 0.4) is 0 Å². The largest absolute Gasteiger partial charge is 0.489 e. The van der Waals surface area contributed by atoms with Crippen LogP contribution in [0.2, 0.25) is 0 Å². The summed E-state index contributed by atoms with van der Waals surface area (Å²) in [5, 5.41) is 0. The number of piperidine rings is 1. The van der Waals surface area contributed by atoms with E-state index in [4.69, 9.17) is 10.5 Å². The van der Waals surface area contributed by atoms with Gasteiger partial charge in [-0.15, -0.1) is 0 Å². The predicted octanol–water partition coefficient (Wildman–Crippen LogP) is 1.57. The van der Waals surface area contributed by atoms with Gasteiger partial charge in [0.25, 0.3) is 0 Å². The summed E-state index contributed by atoms with van der Waals surface area (Å²) < 4.78 is 18.7. The predicted molar refractivity (Wildman–Crippen MR) is 77.2 cm³/mol. The SMILES string of the molecule is CC(C)[C@H](N)C(=O)N1CCC(Oc2cncc(F)c2)CC1. The maximum Gasteiger partial charge on any atom is 0.239 e. The number of ether oxygens (including phenoxy) is 1. The minimum atomic E-state index is -0.449. The number of aromatic nitrogens is 1. The van der Waals surface area contributed by atoms with Gasteiger partial charge in [0.1, 0.15) is 17.7 Å². The molecule has 1 aromatic heterocycles. The van der Waals surface area contributed by atoms with Gasteiger partial charge in [-0.3, -0.25) is 9.78 Å². The van der Waals surface area contributed by atoms with Gasteiger partial charge in [0, 0.05) is 32.0 Å². The molecule has 0 aromatic carbocycles. The van der Waals surface area contributed by atoms with Crippen molar-refractivity contribution in [3.8, 4) is 5.75 Å². The summed E-state index contributed by atoms with van der Waals surface area (Å²) >= 11 is 0. The number of nitrogens with zero attached hydrogens (tertiary/aromatic N) is 2. The molecule has 6 heteroatoms. The Morgan fingerprint density at radius 2 is 2.10 bits per heavy atom. The fraction of sp³-hybridized carbons (Fsp3) is 0.600. The van der Waals surface area contributed by atoms with Crippen molar-refractivity contribution in [3.63, 3.8) is 0 Å². The Bertz CT molecular complexity index is 488. The van der Waals surface area contributed by atoms with Crippen LogP contribution in [-0.4, -0.2) is 41.0 Å². The molecular formula is C15H22FN3O2. The number of amides is 1. The average Bonchev–Trinajstić information content (AvgIpc) is 2.46. The van der Waals surface area contributed by atoms with Gasteiger partial charge in [-0.05, 0) is 5.92 Å². The molecule has 116 valence electrons. The molecule has 0 unspecified atom stereocenters. The molecule has 0 aliphatic carbocycles. The van der Waals surface area contributed by atoms with E-state index >= 15 is 0 Å². The van der Waals surface area contributed by atoms with Crippen LogP contribution >= 0.6 is 0 Å². The highest BCUT2D eigenvalue weighted by atomic mass is 19.1. The van der Waals surface area contributed by atoms with E-state index in [9.17, 15) is 9.18 Å². The van der Waals surface area contributed by atoms with Crippen molar-refractivity contribution in [1.82, 2.24) is 9.88 Å². The Labute approximate surface area is 124 Å². The molecule has 2 rings (SSSR count). The Hall–Kier alpha value is -1.69. The number of nitrogens with two attached hydrogens (primary N) is 1. The molecule has 1 aliphatic heterocycles. The summed E-state index contributed by atoms with van der Waals surface area (Å²) in [7, 11) is 0. The highest BCUT2D eigenvalue weighted by Gasteiger charge is 2.28. The van der Waals surface area contributed by atoms with E-state index in [0.29, 0.717) is 31.7 Å². The van der Waals surface area contributed by atoms with Gasteiger partial charge in [0.05, 0.1) is 18.4 Å². The lowest BCUT2D eigenvalue weighted by Crippen LogP contribution is -2.50. The molecular weight excluding hydrogens is 273 g/mol. The summed E-state index contributed by atoms with van der Waals surface area (Å²) in [6, 6.07) is 0.869. The smallest absolute Gasteiger partial charge is 0.239 e.